The maximum absolute atomic E-state index is 11.7. The van der Waals surface area contributed by atoms with Gasteiger partial charge < -0.3 is 24.1 Å². The molecule has 6 nitrogen and oxygen atoms in total. The first kappa shape index (κ1) is 12.3. The lowest BCUT2D eigenvalue weighted by molar-refractivity contribution is 0.241. The Balaban J connectivity index is 2.90. The summed E-state index contributed by atoms with van der Waals surface area (Å²) in [6.07, 6.45) is 0. The van der Waals surface area contributed by atoms with Crippen LogP contribution in [0.2, 0.25) is 0 Å². The molecule has 2 N–H and O–H groups in total. The Morgan fingerprint density at radius 1 is 1.28 bits per heavy atom. The first-order valence-corrected chi connectivity index (χ1v) is 5.14. The van der Waals surface area contributed by atoms with Crippen LogP contribution in [-0.4, -0.2) is 24.4 Å². The number of hydrogen-bond donors (Lipinski definition) is 2. The third-order valence-corrected chi connectivity index (χ3v) is 2.58. The highest BCUT2D eigenvalue weighted by Crippen LogP contribution is 2.41. The van der Waals surface area contributed by atoms with Crippen molar-refractivity contribution in [1.82, 2.24) is 0 Å². The van der Waals surface area contributed by atoms with Gasteiger partial charge in [-0.1, -0.05) is 0 Å². The van der Waals surface area contributed by atoms with Crippen molar-refractivity contribution in [3.05, 3.63) is 28.3 Å². The topological polar surface area (TPSA) is 89.1 Å². The molecule has 0 saturated heterocycles. The van der Waals surface area contributed by atoms with Gasteiger partial charge in [0.1, 0.15) is 17.8 Å². The van der Waals surface area contributed by atoms with E-state index in [1.807, 2.05) is 0 Å². The average molecular weight is 252 g/mol. The molecule has 0 unspecified atom stereocenters. The molecule has 0 spiro atoms. The molecule has 6 heteroatoms. The minimum absolute atomic E-state index is 0.00940. The number of fused-ring (bicyclic) bond motifs is 1. The van der Waals surface area contributed by atoms with Crippen molar-refractivity contribution < 1.29 is 24.1 Å². The molecule has 18 heavy (non-hydrogen) atoms. The van der Waals surface area contributed by atoms with Crippen LogP contribution in [0.4, 0.5) is 0 Å². The smallest absolute Gasteiger partial charge is 0.347 e. The van der Waals surface area contributed by atoms with Crippen LogP contribution in [0, 0.1) is 0 Å². The van der Waals surface area contributed by atoms with E-state index in [-0.39, 0.29) is 28.4 Å². The highest BCUT2D eigenvalue weighted by molar-refractivity contribution is 5.91. The summed E-state index contributed by atoms with van der Waals surface area (Å²) in [6.45, 7) is -0.402. The molecule has 0 fully saturated rings. The van der Waals surface area contributed by atoms with Gasteiger partial charge >= 0.3 is 5.63 Å². The molecule has 0 aliphatic heterocycles. The molecule has 0 saturated carbocycles. The number of methoxy groups -OCH3 is 2. The summed E-state index contributed by atoms with van der Waals surface area (Å²) in [6, 6.07) is 2.99. The molecule has 2 aromatic rings. The molecule has 2 rings (SSSR count). The number of phenolic OH excluding ortho intramolecular Hbond substituents is 1. The second kappa shape index (κ2) is 4.58. The summed E-state index contributed by atoms with van der Waals surface area (Å²) in [5, 5.41) is 19.3. The van der Waals surface area contributed by atoms with E-state index in [9.17, 15) is 9.90 Å². The van der Waals surface area contributed by atoms with Crippen molar-refractivity contribution in [2.24, 2.45) is 0 Å². The first-order chi connectivity index (χ1) is 8.62. The molecule has 0 bridgehead atoms. The second-order valence-electron chi connectivity index (χ2n) is 3.58. The Bertz CT molecular complexity index is 643. The zero-order valence-electron chi connectivity index (χ0n) is 9.89. The lowest BCUT2D eigenvalue weighted by atomic mass is 10.1. The highest BCUT2D eigenvalue weighted by Gasteiger charge is 2.18. The summed E-state index contributed by atoms with van der Waals surface area (Å²) < 4.78 is 14.9. The number of benzene rings is 1. The van der Waals surface area contributed by atoms with Crippen molar-refractivity contribution >= 4 is 10.8 Å². The Kier molecular flexibility index (Phi) is 3.12. The normalized spacial score (nSPS) is 10.6. The van der Waals surface area contributed by atoms with Crippen LogP contribution < -0.4 is 15.1 Å². The van der Waals surface area contributed by atoms with E-state index < -0.39 is 12.2 Å². The van der Waals surface area contributed by atoms with Crippen LogP contribution >= 0.6 is 0 Å². The lowest BCUT2D eigenvalue weighted by Crippen LogP contribution is -2.04. The standard InChI is InChI=1S/C12H12O6/c1-16-8-4-6-3-7(5-13)18-12(15)9(6)10(14)11(8)17-2/h3-4,13-14H,5H2,1-2H3. The van der Waals surface area contributed by atoms with Gasteiger partial charge in [0, 0.05) is 5.39 Å². The number of aliphatic hydroxyl groups is 1. The van der Waals surface area contributed by atoms with Crippen LogP contribution in [0.5, 0.6) is 17.2 Å². The van der Waals surface area contributed by atoms with Crippen molar-refractivity contribution in [1.29, 1.82) is 0 Å². The van der Waals surface area contributed by atoms with Gasteiger partial charge in [-0.25, -0.2) is 4.79 Å². The van der Waals surface area contributed by atoms with Crippen LogP contribution in [-0.2, 0) is 6.61 Å². The Morgan fingerprint density at radius 2 is 2.00 bits per heavy atom. The van der Waals surface area contributed by atoms with Crippen molar-refractivity contribution in [3.63, 3.8) is 0 Å². The monoisotopic (exact) mass is 252 g/mol. The molecule has 1 heterocycles. The van der Waals surface area contributed by atoms with E-state index in [1.165, 1.54) is 26.4 Å². The van der Waals surface area contributed by atoms with Crippen LogP contribution in [0.1, 0.15) is 5.76 Å². The number of ether oxygens (including phenoxy) is 2. The van der Waals surface area contributed by atoms with Crippen molar-refractivity contribution in [3.8, 4) is 17.2 Å². The molecule has 1 aromatic carbocycles. The van der Waals surface area contributed by atoms with E-state index in [0.717, 1.165) is 0 Å². The number of rotatable bonds is 3. The molecule has 0 radical (unpaired) electrons. The quantitative estimate of drug-likeness (QED) is 0.847. The molecule has 0 aliphatic carbocycles. The predicted molar refractivity (Wildman–Crippen MR) is 63.2 cm³/mol. The van der Waals surface area contributed by atoms with E-state index in [4.69, 9.17) is 19.0 Å². The summed E-state index contributed by atoms with van der Waals surface area (Å²) in [7, 11) is 2.77. The average Bonchev–Trinajstić information content (AvgIpc) is 2.37. The van der Waals surface area contributed by atoms with Gasteiger partial charge in [-0.3, -0.25) is 0 Å². The van der Waals surface area contributed by atoms with Crippen LogP contribution in [0.15, 0.2) is 21.3 Å². The third-order valence-electron chi connectivity index (χ3n) is 2.58. The molecule has 96 valence electrons. The van der Waals surface area contributed by atoms with E-state index >= 15 is 0 Å². The molecule has 0 atom stereocenters. The summed E-state index contributed by atoms with van der Waals surface area (Å²) in [5.41, 5.74) is -0.741. The summed E-state index contributed by atoms with van der Waals surface area (Å²) in [4.78, 5) is 11.7. The minimum atomic E-state index is -0.741. The summed E-state index contributed by atoms with van der Waals surface area (Å²) >= 11 is 0. The van der Waals surface area contributed by atoms with Gasteiger partial charge in [0.15, 0.2) is 11.5 Å². The molecule has 1 aromatic heterocycles. The zero-order valence-corrected chi connectivity index (χ0v) is 9.89. The summed E-state index contributed by atoms with van der Waals surface area (Å²) in [5.74, 6) is 0.121. The maximum Gasteiger partial charge on any atom is 0.347 e. The first-order valence-electron chi connectivity index (χ1n) is 5.14. The molecular weight excluding hydrogens is 240 g/mol. The van der Waals surface area contributed by atoms with Crippen LogP contribution in [0.25, 0.3) is 10.8 Å². The Hall–Kier alpha value is -2.21. The second-order valence-corrected chi connectivity index (χ2v) is 3.58. The number of hydrogen-bond acceptors (Lipinski definition) is 6. The Labute approximate surface area is 102 Å². The number of aromatic hydroxyl groups is 1. The number of phenols is 1. The largest absolute Gasteiger partial charge is 0.504 e. The van der Waals surface area contributed by atoms with Gasteiger partial charge in [-0.05, 0) is 12.1 Å². The number of aliphatic hydroxyl groups excluding tert-OH is 1. The van der Waals surface area contributed by atoms with E-state index in [1.54, 1.807) is 0 Å². The van der Waals surface area contributed by atoms with E-state index in [2.05, 4.69) is 0 Å². The fraction of sp³-hybridized carbons (Fsp3) is 0.250. The highest BCUT2D eigenvalue weighted by atomic mass is 16.5. The fourth-order valence-corrected chi connectivity index (χ4v) is 1.77. The van der Waals surface area contributed by atoms with E-state index in [0.29, 0.717) is 5.39 Å². The fourth-order valence-electron chi connectivity index (χ4n) is 1.77. The van der Waals surface area contributed by atoms with Crippen LogP contribution in [0.3, 0.4) is 0 Å². The van der Waals surface area contributed by atoms with Gasteiger partial charge in [-0.2, -0.15) is 0 Å². The van der Waals surface area contributed by atoms with Gasteiger partial charge in [0.25, 0.3) is 0 Å². The predicted octanol–water partition coefficient (Wildman–Crippen LogP) is 1.01. The zero-order chi connectivity index (χ0) is 13.3. The maximum atomic E-state index is 11.7. The van der Waals surface area contributed by atoms with Gasteiger partial charge in [-0.15, -0.1) is 0 Å². The van der Waals surface area contributed by atoms with Gasteiger partial charge in [0.05, 0.1) is 14.2 Å². The minimum Gasteiger partial charge on any atom is -0.504 e. The van der Waals surface area contributed by atoms with Crippen molar-refractivity contribution in [2.45, 2.75) is 6.61 Å². The molecule has 0 aliphatic rings. The molecular formula is C12H12O6. The third kappa shape index (κ3) is 1.76. The SMILES string of the molecule is COc1cc2cc(CO)oc(=O)c2c(O)c1OC. The molecule has 0 amide bonds. The Morgan fingerprint density at radius 3 is 2.56 bits per heavy atom. The lowest BCUT2D eigenvalue weighted by Gasteiger charge is -2.11. The van der Waals surface area contributed by atoms with Gasteiger partial charge in [0.2, 0.25) is 5.75 Å². The van der Waals surface area contributed by atoms with Crippen molar-refractivity contribution in [2.75, 3.05) is 14.2 Å².